The fourth-order valence-electron chi connectivity index (χ4n) is 3.23. The number of thioether (sulfide) groups is 1. The van der Waals surface area contributed by atoms with Gasteiger partial charge in [0.1, 0.15) is 6.04 Å². The number of aryl methyl sites for hydroxylation is 1. The molecule has 2 aliphatic rings. The van der Waals surface area contributed by atoms with E-state index in [0.717, 1.165) is 36.2 Å². The molecule has 0 spiro atoms. The van der Waals surface area contributed by atoms with Crippen molar-refractivity contribution in [3.8, 4) is 0 Å². The first-order valence-corrected chi connectivity index (χ1v) is 9.60. The molecule has 0 unspecified atom stereocenters. The third-order valence-corrected chi connectivity index (χ3v) is 5.88. The molecule has 1 N–H and O–H groups in total. The molecule has 1 heterocycles. The van der Waals surface area contributed by atoms with Crippen LogP contribution < -0.4 is 10.2 Å². The fraction of sp³-hybridized carbons (Fsp3) is 0.556. The summed E-state index contributed by atoms with van der Waals surface area (Å²) in [4.78, 5) is 29.0. The molecule has 1 aliphatic heterocycles. The molecule has 6 heteroatoms. The summed E-state index contributed by atoms with van der Waals surface area (Å²) in [6, 6.07) is 5.55. The van der Waals surface area contributed by atoms with Gasteiger partial charge >= 0.3 is 0 Å². The van der Waals surface area contributed by atoms with Crippen LogP contribution in [-0.4, -0.2) is 48.5 Å². The van der Waals surface area contributed by atoms with Crippen LogP contribution in [0.3, 0.4) is 0 Å². The molecule has 24 heavy (non-hydrogen) atoms. The predicted molar refractivity (Wildman–Crippen MR) is 99.4 cm³/mol. The summed E-state index contributed by atoms with van der Waals surface area (Å²) in [6.07, 6.45) is 3.07. The van der Waals surface area contributed by atoms with E-state index in [0.29, 0.717) is 11.6 Å². The number of hydrogen-bond donors (Lipinski definition) is 1. The monoisotopic (exact) mass is 347 g/mol. The predicted octanol–water partition coefficient (Wildman–Crippen LogP) is 2.70. The maximum absolute atomic E-state index is 12.7. The lowest BCUT2D eigenvalue weighted by atomic mass is 9.84. The van der Waals surface area contributed by atoms with Crippen molar-refractivity contribution in [2.45, 2.75) is 32.2 Å². The van der Waals surface area contributed by atoms with Gasteiger partial charge < -0.3 is 15.1 Å². The van der Waals surface area contributed by atoms with Crippen molar-refractivity contribution < 1.29 is 9.59 Å². The number of benzene rings is 1. The van der Waals surface area contributed by atoms with Crippen LogP contribution in [0.2, 0.25) is 0 Å². The molecule has 2 amide bonds. The Morgan fingerprint density at radius 1 is 1.29 bits per heavy atom. The zero-order valence-corrected chi connectivity index (χ0v) is 15.4. The van der Waals surface area contributed by atoms with Gasteiger partial charge in [-0.3, -0.25) is 9.59 Å². The lowest BCUT2D eigenvalue weighted by molar-refractivity contribution is -0.141. The summed E-state index contributed by atoms with van der Waals surface area (Å²) in [6.45, 7) is 2.03. The Hall–Kier alpha value is -1.69. The third kappa shape index (κ3) is 3.38. The minimum absolute atomic E-state index is 0.0790. The minimum atomic E-state index is -0.350. The lowest BCUT2D eigenvalue weighted by Gasteiger charge is -2.31. The molecule has 1 atom stereocenters. The van der Waals surface area contributed by atoms with E-state index in [9.17, 15) is 9.59 Å². The summed E-state index contributed by atoms with van der Waals surface area (Å²) in [5.74, 6) is 1.53. The van der Waals surface area contributed by atoms with Crippen LogP contribution in [0.4, 0.5) is 11.4 Å². The van der Waals surface area contributed by atoms with Crippen molar-refractivity contribution in [1.29, 1.82) is 0 Å². The van der Waals surface area contributed by atoms with E-state index in [1.54, 1.807) is 16.7 Å². The van der Waals surface area contributed by atoms with Crippen LogP contribution in [0.25, 0.3) is 0 Å². The topological polar surface area (TPSA) is 52.7 Å². The van der Waals surface area contributed by atoms with Crippen molar-refractivity contribution in [2.75, 3.05) is 35.9 Å². The number of nitrogens with one attached hydrogen (secondary N) is 1. The van der Waals surface area contributed by atoms with E-state index in [2.05, 4.69) is 5.32 Å². The van der Waals surface area contributed by atoms with Gasteiger partial charge in [-0.2, -0.15) is 0 Å². The van der Waals surface area contributed by atoms with Gasteiger partial charge in [0.05, 0.1) is 5.88 Å². The van der Waals surface area contributed by atoms with Crippen LogP contribution in [0.5, 0.6) is 0 Å². The van der Waals surface area contributed by atoms with Crippen LogP contribution >= 0.6 is 11.8 Å². The summed E-state index contributed by atoms with van der Waals surface area (Å²) in [5, 5.41) is 2.99. The Morgan fingerprint density at radius 3 is 2.62 bits per heavy atom. The van der Waals surface area contributed by atoms with E-state index in [-0.39, 0.29) is 23.8 Å². The summed E-state index contributed by atoms with van der Waals surface area (Å²) in [5.41, 5.74) is 3.03. The summed E-state index contributed by atoms with van der Waals surface area (Å²) in [7, 11) is 4.00. The zero-order valence-electron chi connectivity index (χ0n) is 14.5. The van der Waals surface area contributed by atoms with E-state index < -0.39 is 0 Å². The van der Waals surface area contributed by atoms with Gasteiger partial charge in [0.15, 0.2) is 0 Å². The maximum atomic E-state index is 12.7. The summed E-state index contributed by atoms with van der Waals surface area (Å²) < 4.78 is 0. The largest absolute Gasteiger partial charge is 0.377 e. The van der Waals surface area contributed by atoms with Gasteiger partial charge in [0.25, 0.3) is 0 Å². The minimum Gasteiger partial charge on any atom is -0.377 e. The van der Waals surface area contributed by atoms with E-state index in [4.69, 9.17) is 0 Å². The van der Waals surface area contributed by atoms with Crippen molar-refractivity contribution in [3.63, 3.8) is 0 Å². The highest BCUT2D eigenvalue weighted by Crippen LogP contribution is 2.32. The van der Waals surface area contributed by atoms with Gasteiger partial charge in [-0.05, 0) is 43.5 Å². The van der Waals surface area contributed by atoms with Gasteiger partial charge in [-0.1, -0.05) is 6.42 Å². The van der Waals surface area contributed by atoms with Crippen molar-refractivity contribution in [1.82, 2.24) is 4.90 Å². The Balaban J connectivity index is 1.67. The molecule has 1 aliphatic carbocycles. The second-order valence-corrected chi connectivity index (χ2v) is 7.84. The van der Waals surface area contributed by atoms with Crippen molar-refractivity contribution >= 4 is 35.0 Å². The second kappa shape index (κ2) is 7.05. The zero-order chi connectivity index (χ0) is 17.3. The normalized spacial score (nSPS) is 20.6. The molecule has 5 nitrogen and oxygen atoms in total. The van der Waals surface area contributed by atoms with Crippen molar-refractivity contribution in [3.05, 3.63) is 23.8 Å². The highest BCUT2D eigenvalue weighted by Gasteiger charge is 2.39. The number of carbonyl (C=O) groups is 2. The number of nitrogens with zero attached hydrogens (tertiary/aromatic N) is 2. The quantitative estimate of drug-likeness (QED) is 0.910. The standard InChI is InChI=1S/C18H25N3O2S/c1-12-9-14(7-8-15(12)20(2)3)19-17(22)16-10-24-11-21(16)18(23)13-5-4-6-13/h7-9,13,16H,4-6,10-11H2,1-3H3,(H,19,22)/t16-/m0/s1. The van der Waals surface area contributed by atoms with Crippen LogP contribution in [-0.2, 0) is 9.59 Å². The van der Waals surface area contributed by atoms with Gasteiger partial charge in [-0.15, -0.1) is 11.8 Å². The van der Waals surface area contributed by atoms with Crippen LogP contribution in [0.15, 0.2) is 18.2 Å². The second-order valence-electron chi connectivity index (χ2n) is 6.84. The van der Waals surface area contributed by atoms with Crippen LogP contribution in [0.1, 0.15) is 24.8 Å². The maximum Gasteiger partial charge on any atom is 0.248 e. The van der Waals surface area contributed by atoms with Gasteiger partial charge in [0, 0.05) is 37.1 Å². The first kappa shape index (κ1) is 17.1. The number of carbonyl (C=O) groups excluding carboxylic acids is 2. The van der Waals surface area contributed by atoms with Gasteiger partial charge in [-0.25, -0.2) is 0 Å². The Kier molecular flexibility index (Phi) is 5.04. The molecule has 2 fully saturated rings. The SMILES string of the molecule is Cc1cc(NC(=O)[C@@H]2CSCN2C(=O)C2CCC2)ccc1N(C)C. The number of anilines is 2. The average Bonchev–Trinajstić information content (AvgIpc) is 2.94. The third-order valence-electron chi connectivity index (χ3n) is 4.87. The van der Waals surface area contributed by atoms with E-state index >= 15 is 0 Å². The molecule has 1 saturated heterocycles. The molecule has 1 saturated carbocycles. The molecule has 0 radical (unpaired) electrons. The van der Waals surface area contributed by atoms with Crippen LogP contribution in [0, 0.1) is 12.8 Å². The first-order chi connectivity index (χ1) is 11.5. The summed E-state index contributed by atoms with van der Waals surface area (Å²) >= 11 is 1.66. The molecule has 1 aromatic rings. The average molecular weight is 347 g/mol. The highest BCUT2D eigenvalue weighted by atomic mass is 32.2. The smallest absolute Gasteiger partial charge is 0.248 e. The highest BCUT2D eigenvalue weighted by molar-refractivity contribution is 7.99. The molecular formula is C18H25N3O2S. The fourth-order valence-corrected chi connectivity index (χ4v) is 4.39. The van der Waals surface area contributed by atoms with E-state index in [1.165, 1.54) is 0 Å². The Labute approximate surface area is 147 Å². The van der Waals surface area contributed by atoms with E-state index in [1.807, 2.05) is 44.1 Å². The molecular weight excluding hydrogens is 322 g/mol. The lowest BCUT2D eigenvalue weighted by Crippen LogP contribution is -2.47. The Bertz CT molecular complexity index is 643. The Morgan fingerprint density at radius 2 is 2.04 bits per heavy atom. The molecule has 0 aromatic heterocycles. The molecule has 130 valence electrons. The molecule has 0 bridgehead atoms. The molecule has 1 aromatic carbocycles. The van der Waals surface area contributed by atoms with Crippen molar-refractivity contribution in [2.24, 2.45) is 5.92 Å². The van der Waals surface area contributed by atoms with Gasteiger partial charge in [0.2, 0.25) is 11.8 Å². The number of hydrogen-bond acceptors (Lipinski definition) is 4. The number of rotatable bonds is 4. The molecule has 3 rings (SSSR count). The first-order valence-electron chi connectivity index (χ1n) is 8.44. The number of amides is 2.